The number of rotatable bonds is 3. The molecular formula is C16H31N3O. The molecule has 4 nitrogen and oxygen atoms in total. The van der Waals surface area contributed by atoms with Gasteiger partial charge in [-0.25, -0.2) is 0 Å². The summed E-state index contributed by atoms with van der Waals surface area (Å²) in [6.07, 6.45) is 8.43. The molecule has 0 radical (unpaired) electrons. The molecule has 3 atom stereocenters. The Bertz CT molecular complexity index is 311. The second kappa shape index (κ2) is 7.41. The SMILES string of the molecule is CC(N)C1CCCCN1C(C)C(=O)N1CCCCCC1. The number of carbonyl (C=O) groups excluding carboxylic acids is 1. The maximum atomic E-state index is 12.8. The number of hydrogen-bond acceptors (Lipinski definition) is 3. The predicted molar refractivity (Wildman–Crippen MR) is 82.5 cm³/mol. The first-order valence-electron chi connectivity index (χ1n) is 8.41. The van der Waals surface area contributed by atoms with Crippen LogP contribution in [0.2, 0.25) is 0 Å². The molecular weight excluding hydrogens is 250 g/mol. The van der Waals surface area contributed by atoms with Crippen LogP contribution in [-0.2, 0) is 4.79 Å². The van der Waals surface area contributed by atoms with Gasteiger partial charge in [0.05, 0.1) is 6.04 Å². The van der Waals surface area contributed by atoms with Crippen LogP contribution >= 0.6 is 0 Å². The van der Waals surface area contributed by atoms with Crippen molar-refractivity contribution < 1.29 is 4.79 Å². The summed E-state index contributed by atoms with van der Waals surface area (Å²) in [7, 11) is 0. The Morgan fingerprint density at radius 2 is 1.60 bits per heavy atom. The van der Waals surface area contributed by atoms with Gasteiger partial charge in [-0.2, -0.15) is 0 Å². The Morgan fingerprint density at radius 3 is 2.20 bits per heavy atom. The van der Waals surface area contributed by atoms with Crippen molar-refractivity contribution in [1.82, 2.24) is 9.80 Å². The summed E-state index contributed by atoms with van der Waals surface area (Å²) in [6, 6.07) is 0.508. The van der Waals surface area contributed by atoms with Gasteiger partial charge >= 0.3 is 0 Å². The molecule has 0 aromatic carbocycles. The van der Waals surface area contributed by atoms with Crippen LogP contribution in [0.3, 0.4) is 0 Å². The molecule has 4 heteroatoms. The van der Waals surface area contributed by atoms with E-state index in [2.05, 4.69) is 23.6 Å². The maximum Gasteiger partial charge on any atom is 0.239 e. The van der Waals surface area contributed by atoms with Gasteiger partial charge in [-0.15, -0.1) is 0 Å². The predicted octanol–water partition coefficient (Wildman–Crippen LogP) is 1.98. The number of likely N-dealkylation sites (tertiary alicyclic amines) is 2. The molecule has 2 fully saturated rings. The van der Waals surface area contributed by atoms with E-state index in [0.717, 1.165) is 38.9 Å². The van der Waals surface area contributed by atoms with E-state index in [1.165, 1.54) is 25.7 Å². The lowest BCUT2D eigenvalue weighted by Gasteiger charge is -2.42. The fraction of sp³-hybridized carbons (Fsp3) is 0.938. The Balaban J connectivity index is 2.00. The molecule has 0 aromatic heterocycles. The van der Waals surface area contributed by atoms with Crippen molar-refractivity contribution >= 4 is 5.91 Å². The van der Waals surface area contributed by atoms with Crippen molar-refractivity contribution in [2.75, 3.05) is 19.6 Å². The Labute approximate surface area is 123 Å². The molecule has 116 valence electrons. The number of hydrogen-bond donors (Lipinski definition) is 1. The molecule has 2 saturated heterocycles. The molecule has 2 rings (SSSR count). The van der Waals surface area contributed by atoms with Gasteiger partial charge in [-0.1, -0.05) is 19.3 Å². The van der Waals surface area contributed by atoms with E-state index >= 15 is 0 Å². The zero-order valence-corrected chi connectivity index (χ0v) is 13.2. The van der Waals surface area contributed by atoms with Gasteiger partial charge in [0, 0.05) is 25.2 Å². The highest BCUT2D eigenvalue weighted by atomic mass is 16.2. The van der Waals surface area contributed by atoms with Crippen molar-refractivity contribution in [1.29, 1.82) is 0 Å². The Kier molecular flexibility index (Phi) is 5.85. The minimum atomic E-state index is -0.00981. The van der Waals surface area contributed by atoms with Crippen LogP contribution in [0.25, 0.3) is 0 Å². The molecule has 0 aliphatic carbocycles. The summed E-state index contributed by atoms with van der Waals surface area (Å²) >= 11 is 0. The quantitative estimate of drug-likeness (QED) is 0.860. The maximum absolute atomic E-state index is 12.8. The lowest BCUT2D eigenvalue weighted by Crippen LogP contribution is -2.57. The summed E-state index contributed by atoms with van der Waals surface area (Å²) < 4.78 is 0. The summed E-state index contributed by atoms with van der Waals surface area (Å²) in [4.78, 5) is 17.2. The Morgan fingerprint density at radius 1 is 1.00 bits per heavy atom. The van der Waals surface area contributed by atoms with Gasteiger partial charge < -0.3 is 10.6 Å². The average Bonchev–Trinajstić information content (AvgIpc) is 2.74. The van der Waals surface area contributed by atoms with E-state index in [1.807, 2.05) is 0 Å². The third-order valence-electron chi connectivity index (χ3n) is 4.97. The monoisotopic (exact) mass is 281 g/mol. The number of amides is 1. The van der Waals surface area contributed by atoms with E-state index in [9.17, 15) is 4.79 Å². The first-order chi connectivity index (χ1) is 9.61. The van der Waals surface area contributed by atoms with Crippen molar-refractivity contribution in [3.05, 3.63) is 0 Å². The second-order valence-electron chi connectivity index (χ2n) is 6.58. The highest BCUT2D eigenvalue weighted by Gasteiger charge is 2.34. The lowest BCUT2D eigenvalue weighted by molar-refractivity contribution is -0.138. The minimum absolute atomic E-state index is 0.00981. The van der Waals surface area contributed by atoms with Gasteiger partial charge in [-0.05, 0) is 46.1 Å². The molecule has 0 aromatic rings. The third-order valence-corrected chi connectivity index (χ3v) is 4.97. The highest BCUT2D eigenvalue weighted by molar-refractivity contribution is 5.81. The van der Waals surface area contributed by atoms with E-state index in [0.29, 0.717) is 11.9 Å². The normalized spacial score (nSPS) is 28.8. The molecule has 20 heavy (non-hydrogen) atoms. The zero-order valence-electron chi connectivity index (χ0n) is 13.2. The van der Waals surface area contributed by atoms with Crippen LogP contribution in [0.5, 0.6) is 0 Å². The molecule has 0 bridgehead atoms. The van der Waals surface area contributed by atoms with E-state index in [4.69, 9.17) is 5.73 Å². The third kappa shape index (κ3) is 3.73. The van der Waals surface area contributed by atoms with E-state index in [-0.39, 0.29) is 12.1 Å². The summed E-state index contributed by atoms with van der Waals surface area (Å²) in [5, 5.41) is 0. The molecule has 1 amide bonds. The molecule has 0 spiro atoms. The van der Waals surface area contributed by atoms with Crippen LogP contribution in [0.1, 0.15) is 58.8 Å². The van der Waals surface area contributed by atoms with Crippen molar-refractivity contribution in [2.24, 2.45) is 5.73 Å². The molecule has 3 unspecified atom stereocenters. The van der Waals surface area contributed by atoms with Crippen LogP contribution in [-0.4, -0.2) is 53.5 Å². The van der Waals surface area contributed by atoms with Crippen LogP contribution in [0, 0.1) is 0 Å². The van der Waals surface area contributed by atoms with Crippen LogP contribution in [0.4, 0.5) is 0 Å². The fourth-order valence-electron chi connectivity index (χ4n) is 3.72. The van der Waals surface area contributed by atoms with Gasteiger partial charge in [0.1, 0.15) is 0 Å². The van der Waals surface area contributed by atoms with Gasteiger partial charge in [0.25, 0.3) is 0 Å². The fourth-order valence-corrected chi connectivity index (χ4v) is 3.72. The molecule has 2 heterocycles. The van der Waals surface area contributed by atoms with E-state index < -0.39 is 0 Å². The summed E-state index contributed by atoms with van der Waals surface area (Å²) in [5.74, 6) is 0.319. The van der Waals surface area contributed by atoms with E-state index in [1.54, 1.807) is 0 Å². The molecule has 2 aliphatic rings. The lowest BCUT2D eigenvalue weighted by atomic mass is 9.95. The second-order valence-corrected chi connectivity index (χ2v) is 6.58. The zero-order chi connectivity index (χ0) is 14.5. The number of piperidine rings is 1. The first kappa shape index (κ1) is 15.8. The molecule has 0 saturated carbocycles. The largest absolute Gasteiger partial charge is 0.341 e. The smallest absolute Gasteiger partial charge is 0.239 e. The number of carbonyl (C=O) groups is 1. The number of nitrogens with two attached hydrogens (primary N) is 1. The van der Waals surface area contributed by atoms with Gasteiger partial charge in [-0.3, -0.25) is 9.69 Å². The van der Waals surface area contributed by atoms with Crippen LogP contribution in [0.15, 0.2) is 0 Å². The van der Waals surface area contributed by atoms with Gasteiger partial charge in [0.15, 0.2) is 0 Å². The highest BCUT2D eigenvalue weighted by Crippen LogP contribution is 2.23. The van der Waals surface area contributed by atoms with Crippen molar-refractivity contribution in [3.8, 4) is 0 Å². The van der Waals surface area contributed by atoms with Crippen molar-refractivity contribution in [2.45, 2.75) is 76.9 Å². The first-order valence-corrected chi connectivity index (χ1v) is 8.41. The molecule has 2 N–H and O–H groups in total. The van der Waals surface area contributed by atoms with Crippen molar-refractivity contribution in [3.63, 3.8) is 0 Å². The molecule has 2 aliphatic heterocycles. The van der Waals surface area contributed by atoms with Crippen LogP contribution < -0.4 is 5.73 Å². The summed E-state index contributed by atoms with van der Waals surface area (Å²) in [6.45, 7) is 7.06. The minimum Gasteiger partial charge on any atom is -0.341 e. The Hall–Kier alpha value is -0.610. The number of nitrogens with zero attached hydrogens (tertiary/aromatic N) is 2. The average molecular weight is 281 g/mol. The summed E-state index contributed by atoms with van der Waals surface area (Å²) in [5.41, 5.74) is 6.13. The standard InChI is InChI=1S/C16H31N3O/c1-13(17)15-9-5-8-12-19(15)14(2)16(20)18-10-6-3-4-7-11-18/h13-15H,3-12,17H2,1-2H3. The topological polar surface area (TPSA) is 49.6 Å². The van der Waals surface area contributed by atoms with Gasteiger partial charge in [0.2, 0.25) is 5.91 Å².